The molecule has 4 nitrogen and oxygen atoms in total. The van der Waals surface area contributed by atoms with Gasteiger partial charge in [-0.3, -0.25) is 0 Å². The minimum Gasteiger partial charge on any atom is -0.506 e. The standard InChI is InChI=1S/C20H21ClN2O2S/c1-19(2)11-20(23-18(26)22-19)10-17(12-6-4-3-5-7-12)25-16-9-15(24)14(21)8-13(16)20/h3-9,17,24H,10-11H2,1-2H3,(H2,22,23,26)/t17-,20+/m0/s1. The van der Waals surface area contributed by atoms with Gasteiger partial charge in [-0.1, -0.05) is 41.9 Å². The van der Waals surface area contributed by atoms with Crippen molar-refractivity contribution >= 4 is 28.9 Å². The minimum atomic E-state index is -0.419. The number of ether oxygens (including phenoxy) is 1. The highest BCUT2D eigenvalue weighted by Gasteiger charge is 2.49. The molecule has 2 atom stereocenters. The summed E-state index contributed by atoms with van der Waals surface area (Å²) < 4.78 is 6.26. The number of hydrogen-bond acceptors (Lipinski definition) is 3. The number of phenolic OH excluding ortho intramolecular Hbond substituents is 1. The van der Waals surface area contributed by atoms with Crippen LogP contribution in [0.25, 0.3) is 0 Å². The molecule has 1 spiro atoms. The van der Waals surface area contributed by atoms with E-state index in [4.69, 9.17) is 28.6 Å². The molecule has 0 aliphatic carbocycles. The maximum atomic E-state index is 10.1. The van der Waals surface area contributed by atoms with Crippen LogP contribution >= 0.6 is 23.8 Å². The van der Waals surface area contributed by atoms with Crippen LogP contribution in [-0.4, -0.2) is 15.8 Å². The lowest BCUT2D eigenvalue weighted by Gasteiger charge is -2.51. The van der Waals surface area contributed by atoms with Gasteiger partial charge in [-0.2, -0.15) is 0 Å². The maximum absolute atomic E-state index is 10.1. The van der Waals surface area contributed by atoms with Gasteiger partial charge in [0.1, 0.15) is 17.6 Å². The first-order chi connectivity index (χ1) is 12.3. The van der Waals surface area contributed by atoms with Gasteiger partial charge in [-0.05, 0) is 44.1 Å². The Hall–Kier alpha value is -1.98. The van der Waals surface area contributed by atoms with E-state index < -0.39 is 5.54 Å². The average molecular weight is 389 g/mol. The van der Waals surface area contributed by atoms with Gasteiger partial charge in [0.25, 0.3) is 0 Å². The van der Waals surface area contributed by atoms with Crippen LogP contribution < -0.4 is 15.4 Å². The lowest BCUT2D eigenvalue weighted by molar-refractivity contribution is 0.0870. The van der Waals surface area contributed by atoms with E-state index in [1.54, 1.807) is 12.1 Å². The number of aromatic hydroxyl groups is 1. The Bertz CT molecular complexity index is 872. The van der Waals surface area contributed by atoms with Crippen molar-refractivity contribution in [3.63, 3.8) is 0 Å². The molecule has 6 heteroatoms. The highest BCUT2D eigenvalue weighted by molar-refractivity contribution is 7.80. The third-order valence-electron chi connectivity index (χ3n) is 5.09. The lowest BCUT2D eigenvalue weighted by Crippen LogP contribution is -2.65. The molecule has 4 rings (SSSR count). The molecule has 1 fully saturated rings. The number of halogens is 1. The lowest BCUT2D eigenvalue weighted by atomic mass is 9.72. The van der Waals surface area contributed by atoms with Crippen LogP contribution in [0.3, 0.4) is 0 Å². The Morgan fingerprint density at radius 1 is 1.19 bits per heavy atom. The topological polar surface area (TPSA) is 53.5 Å². The predicted octanol–water partition coefficient (Wildman–Crippen LogP) is 4.41. The average Bonchev–Trinajstić information content (AvgIpc) is 2.55. The predicted molar refractivity (Wildman–Crippen MR) is 107 cm³/mol. The van der Waals surface area contributed by atoms with Gasteiger partial charge in [-0.25, -0.2) is 0 Å². The first kappa shape index (κ1) is 17.4. The van der Waals surface area contributed by atoms with Gasteiger partial charge >= 0.3 is 0 Å². The molecule has 0 aromatic heterocycles. The fourth-order valence-corrected chi connectivity index (χ4v) is 4.81. The SMILES string of the molecule is CC1(C)C[C@@]2(C[C@@H](c3ccccc3)Oc3cc(O)c(Cl)cc32)NC(=S)N1. The number of phenols is 1. The molecule has 0 saturated carbocycles. The second kappa shape index (κ2) is 6.03. The van der Waals surface area contributed by atoms with Crippen LogP contribution in [-0.2, 0) is 5.54 Å². The molecule has 1 saturated heterocycles. The number of rotatable bonds is 1. The van der Waals surface area contributed by atoms with Gasteiger partial charge in [0.05, 0.1) is 10.6 Å². The molecule has 26 heavy (non-hydrogen) atoms. The summed E-state index contributed by atoms with van der Waals surface area (Å²) in [5.41, 5.74) is 1.43. The zero-order chi connectivity index (χ0) is 18.5. The fraction of sp³-hybridized carbons (Fsp3) is 0.350. The van der Waals surface area contributed by atoms with Crippen molar-refractivity contribution in [2.75, 3.05) is 0 Å². The Labute approximate surface area is 163 Å². The van der Waals surface area contributed by atoms with Crippen LogP contribution in [0.1, 0.15) is 43.9 Å². The van der Waals surface area contributed by atoms with E-state index in [9.17, 15) is 5.11 Å². The van der Waals surface area contributed by atoms with Crippen molar-refractivity contribution in [2.24, 2.45) is 0 Å². The van der Waals surface area contributed by atoms with Crippen molar-refractivity contribution < 1.29 is 9.84 Å². The van der Waals surface area contributed by atoms with E-state index in [1.807, 2.05) is 18.2 Å². The smallest absolute Gasteiger partial charge is 0.167 e. The normalized spacial score (nSPS) is 26.4. The largest absolute Gasteiger partial charge is 0.506 e. The second-order valence-electron chi connectivity index (χ2n) is 7.74. The molecule has 0 bridgehead atoms. The molecule has 0 amide bonds. The molecule has 2 heterocycles. The maximum Gasteiger partial charge on any atom is 0.167 e. The van der Waals surface area contributed by atoms with E-state index in [0.29, 0.717) is 15.9 Å². The summed E-state index contributed by atoms with van der Waals surface area (Å²) in [6.07, 6.45) is 1.38. The molecule has 136 valence electrons. The molecule has 2 aromatic rings. The molecule has 2 aliphatic heterocycles. The number of hydrogen-bond donors (Lipinski definition) is 3. The zero-order valence-electron chi connectivity index (χ0n) is 14.7. The van der Waals surface area contributed by atoms with Crippen molar-refractivity contribution in [3.8, 4) is 11.5 Å². The van der Waals surface area contributed by atoms with E-state index in [-0.39, 0.29) is 17.4 Å². The minimum absolute atomic E-state index is 0.0186. The zero-order valence-corrected chi connectivity index (χ0v) is 16.2. The molecular formula is C20H21ClN2O2S. The Morgan fingerprint density at radius 2 is 1.92 bits per heavy atom. The van der Waals surface area contributed by atoms with Crippen molar-refractivity contribution in [1.29, 1.82) is 0 Å². The van der Waals surface area contributed by atoms with Crippen LogP contribution in [0, 0.1) is 0 Å². The van der Waals surface area contributed by atoms with Gasteiger partial charge in [0.2, 0.25) is 0 Å². The van der Waals surface area contributed by atoms with Gasteiger partial charge in [0, 0.05) is 23.6 Å². The molecule has 3 N–H and O–H groups in total. The molecule has 0 unspecified atom stereocenters. The van der Waals surface area contributed by atoms with E-state index >= 15 is 0 Å². The van der Waals surface area contributed by atoms with Crippen molar-refractivity contribution in [2.45, 2.75) is 43.9 Å². The number of benzene rings is 2. The molecule has 0 radical (unpaired) electrons. The Balaban J connectivity index is 1.87. The van der Waals surface area contributed by atoms with E-state index in [2.05, 4.69) is 36.6 Å². The quantitative estimate of drug-likeness (QED) is 0.632. The Kier molecular flexibility index (Phi) is 4.04. The van der Waals surface area contributed by atoms with Crippen molar-refractivity contribution in [3.05, 3.63) is 58.6 Å². The summed E-state index contributed by atoms with van der Waals surface area (Å²) in [7, 11) is 0. The summed E-state index contributed by atoms with van der Waals surface area (Å²) in [4.78, 5) is 0. The summed E-state index contributed by atoms with van der Waals surface area (Å²) >= 11 is 11.7. The number of fused-ring (bicyclic) bond motifs is 2. The first-order valence-corrected chi connectivity index (χ1v) is 9.42. The first-order valence-electron chi connectivity index (χ1n) is 8.63. The molecular weight excluding hydrogens is 368 g/mol. The highest BCUT2D eigenvalue weighted by Crippen LogP contribution is 2.51. The van der Waals surface area contributed by atoms with Crippen molar-refractivity contribution in [1.82, 2.24) is 10.6 Å². The van der Waals surface area contributed by atoms with Crippen LogP contribution in [0.15, 0.2) is 42.5 Å². The van der Waals surface area contributed by atoms with Gasteiger partial charge in [0.15, 0.2) is 5.11 Å². The van der Waals surface area contributed by atoms with E-state index in [0.717, 1.165) is 24.0 Å². The van der Waals surface area contributed by atoms with Gasteiger partial charge < -0.3 is 20.5 Å². The third-order valence-corrected chi connectivity index (χ3v) is 5.59. The van der Waals surface area contributed by atoms with E-state index in [1.165, 1.54) is 0 Å². The van der Waals surface area contributed by atoms with Gasteiger partial charge in [-0.15, -0.1) is 0 Å². The Morgan fingerprint density at radius 3 is 2.62 bits per heavy atom. The van der Waals surface area contributed by atoms with Crippen LogP contribution in [0.5, 0.6) is 11.5 Å². The highest BCUT2D eigenvalue weighted by atomic mass is 35.5. The van der Waals surface area contributed by atoms with Crippen LogP contribution in [0.4, 0.5) is 0 Å². The molecule has 2 aromatic carbocycles. The monoisotopic (exact) mass is 388 g/mol. The summed E-state index contributed by atoms with van der Waals surface area (Å²) in [5.74, 6) is 0.657. The third kappa shape index (κ3) is 2.99. The van der Waals surface area contributed by atoms with Crippen LogP contribution in [0.2, 0.25) is 5.02 Å². The molecule has 2 aliphatic rings. The number of nitrogens with one attached hydrogen (secondary N) is 2. The summed E-state index contributed by atoms with van der Waals surface area (Å²) in [6.45, 7) is 4.27. The summed E-state index contributed by atoms with van der Waals surface area (Å²) in [6, 6.07) is 13.5. The fourth-order valence-electron chi connectivity index (χ4n) is 4.17. The summed E-state index contributed by atoms with van der Waals surface area (Å²) in [5, 5.41) is 17.9. The second-order valence-corrected chi connectivity index (χ2v) is 8.56. The number of thiocarbonyl (C=S) groups is 1.